The largest absolute Gasteiger partial charge is 0.352 e. The Morgan fingerprint density at radius 3 is 2.50 bits per heavy atom. The van der Waals surface area contributed by atoms with E-state index < -0.39 is 0 Å². The number of aromatic nitrogens is 1. The van der Waals surface area contributed by atoms with Crippen LogP contribution in [-0.4, -0.2) is 30.6 Å². The van der Waals surface area contributed by atoms with Gasteiger partial charge in [0.25, 0.3) is 5.91 Å². The van der Waals surface area contributed by atoms with E-state index in [9.17, 15) is 4.79 Å². The van der Waals surface area contributed by atoms with Crippen LogP contribution in [0.25, 0.3) is 5.69 Å². The van der Waals surface area contributed by atoms with E-state index in [-0.39, 0.29) is 5.91 Å². The Morgan fingerprint density at radius 2 is 1.86 bits per heavy atom. The lowest BCUT2D eigenvalue weighted by Crippen LogP contribution is -2.26. The molecular formula is C17H22BrN3O. The Labute approximate surface area is 140 Å². The fourth-order valence-electron chi connectivity index (χ4n) is 2.54. The van der Waals surface area contributed by atoms with Crippen LogP contribution in [0.4, 0.5) is 0 Å². The van der Waals surface area contributed by atoms with E-state index in [2.05, 4.69) is 31.1 Å². The Balaban J connectivity index is 2.19. The SMILES string of the molecule is CNCCCNC(=O)c1cc(C)n(-c2ccc(Br)cc2)c1C. The lowest BCUT2D eigenvalue weighted by atomic mass is 10.2. The van der Waals surface area contributed by atoms with Gasteiger partial charge in [-0.1, -0.05) is 15.9 Å². The molecule has 0 bridgehead atoms. The molecule has 2 N–H and O–H groups in total. The molecule has 2 rings (SSSR count). The highest BCUT2D eigenvalue weighted by Gasteiger charge is 2.16. The van der Waals surface area contributed by atoms with Crippen LogP contribution in [0.15, 0.2) is 34.8 Å². The average Bonchev–Trinajstić information content (AvgIpc) is 2.80. The van der Waals surface area contributed by atoms with Gasteiger partial charge in [-0.05, 0) is 64.2 Å². The maximum absolute atomic E-state index is 12.3. The van der Waals surface area contributed by atoms with Crippen LogP contribution in [-0.2, 0) is 0 Å². The van der Waals surface area contributed by atoms with Gasteiger partial charge in [-0.25, -0.2) is 0 Å². The van der Waals surface area contributed by atoms with Gasteiger partial charge >= 0.3 is 0 Å². The van der Waals surface area contributed by atoms with Crippen molar-refractivity contribution in [3.8, 4) is 5.69 Å². The first-order valence-electron chi connectivity index (χ1n) is 7.42. The minimum absolute atomic E-state index is 0.00688. The maximum atomic E-state index is 12.3. The number of nitrogens with zero attached hydrogens (tertiary/aromatic N) is 1. The fraction of sp³-hybridized carbons (Fsp3) is 0.353. The van der Waals surface area contributed by atoms with Crippen molar-refractivity contribution in [3.05, 3.63) is 51.8 Å². The molecule has 118 valence electrons. The summed E-state index contributed by atoms with van der Waals surface area (Å²) in [4.78, 5) is 12.3. The summed E-state index contributed by atoms with van der Waals surface area (Å²) >= 11 is 3.45. The minimum atomic E-state index is -0.00688. The number of nitrogens with one attached hydrogen (secondary N) is 2. The summed E-state index contributed by atoms with van der Waals surface area (Å²) in [5.41, 5.74) is 3.82. The van der Waals surface area contributed by atoms with E-state index in [1.807, 2.05) is 51.2 Å². The normalized spacial score (nSPS) is 10.7. The molecule has 0 unspecified atom stereocenters. The first-order valence-corrected chi connectivity index (χ1v) is 8.21. The number of hydrogen-bond donors (Lipinski definition) is 2. The molecule has 0 aliphatic heterocycles. The van der Waals surface area contributed by atoms with Crippen LogP contribution < -0.4 is 10.6 Å². The average molecular weight is 364 g/mol. The minimum Gasteiger partial charge on any atom is -0.352 e. The fourth-order valence-corrected chi connectivity index (χ4v) is 2.81. The van der Waals surface area contributed by atoms with Gasteiger partial charge in [0.2, 0.25) is 0 Å². The van der Waals surface area contributed by atoms with Gasteiger partial charge in [-0.15, -0.1) is 0 Å². The van der Waals surface area contributed by atoms with Crippen molar-refractivity contribution in [2.45, 2.75) is 20.3 Å². The lowest BCUT2D eigenvalue weighted by Gasteiger charge is -2.10. The zero-order valence-electron chi connectivity index (χ0n) is 13.2. The van der Waals surface area contributed by atoms with Gasteiger partial charge in [0.1, 0.15) is 0 Å². The van der Waals surface area contributed by atoms with Gasteiger partial charge in [-0.2, -0.15) is 0 Å². The molecular weight excluding hydrogens is 342 g/mol. The molecule has 1 aromatic heterocycles. The second kappa shape index (κ2) is 7.61. The van der Waals surface area contributed by atoms with Gasteiger partial charge in [0.05, 0.1) is 5.56 Å². The van der Waals surface area contributed by atoms with Gasteiger partial charge < -0.3 is 15.2 Å². The topological polar surface area (TPSA) is 46.1 Å². The quantitative estimate of drug-likeness (QED) is 0.774. The number of rotatable bonds is 6. The lowest BCUT2D eigenvalue weighted by molar-refractivity contribution is 0.0952. The van der Waals surface area contributed by atoms with E-state index in [1.54, 1.807) is 0 Å². The van der Waals surface area contributed by atoms with Crippen molar-refractivity contribution in [2.24, 2.45) is 0 Å². The summed E-state index contributed by atoms with van der Waals surface area (Å²) in [6.45, 7) is 5.59. The standard InChI is InChI=1S/C17H22BrN3O/c1-12-11-16(17(22)20-10-4-9-19-3)13(2)21(12)15-7-5-14(18)6-8-15/h5-8,11,19H,4,9-10H2,1-3H3,(H,20,22). The van der Waals surface area contributed by atoms with E-state index in [0.717, 1.165) is 40.1 Å². The number of carbonyl (C=O) groups is 1. The Kier molecular flexibility index (Phi) is 5.80. The molecule has 5 heteroatoms. The number of amides is 1. The second-order valence-electron chi connectivity index (χ2n) is 5.31. The summed E-state index contributed by atoms with van der Waals surface area (Å²) < 4.78 is 3.15. The summed E-state index contributed by atoms with van der Waals surface area (Å²) in [5.74, 6) is -0.00688. The molecule has 1 aromatic carbocycles. The van der Waals surface area contributed by atoms with Crippen molar-refractivity contribution in [1.29, 1.82) is 0 Å². The van der Waals surface area contributed by atoms with Crippen LogP contribution in [0.5, 0.6) is 0 Å². The zero-order chi connectivity index (χ0) is 16.1. The number of benzene rings is 1. The van der Waals surface area contributed by atoms with Crippen LogP contribution in [0.3, 0.4) is 0 Å². The molecule has 0 saturated heterocycles. The zero-order valence-corrected chi connectivity index (χ0v) is 14.8. The molecule has 4 nitrogen and oxygen atoms in total. The number of halogens is 1. The molecule has 0 saturated carbocycles. The summed E-state index contributed by atoms with van der Waals surface area (Å²) in [6.07, 6.45) is 0.924. The molecule has 0 radical (unpaired) electrons. The van der Waals surface area contributed by atoms with Crippen molar-refractivity contribution in [2.75, 3.05) is 20.1 Å². The molecule has 0 spiro atoms. The third-order valence-corrected chi connectivity index (χ3v) is 4.18. The number of hydrogen-bond acceptors (Lipinski definition) is 2. The van der Waals surface area contributed by atoms with Gasteiger partial charge in [0, 0.05) is 28.1 Å². The Hall–Kier alpha value is -1.59. The van der Waals surface area contributed by atoms with Gasteiger partial charge in [-0.3, -0.25) is 4.79 Å². The van der Waals surface area contributed by atoms with Crippen LogP contribution >= 0.6 is 15.9 Å². The van der Waals surface area contributed by atoms with E-state index in [0.29, 0.717) is 6.54 Å². The van der Waals surface area contributed by atoms with Crippen LogP contribution in [0.1, 0.15) is 28.2 Å². The molecule has 1 amide bonds. The number of carbonyl (C=O) groups excluding carboxylic acids is 1. The first kappa shape index (κ1) is 16.8. The summed E-state index contributed by atoms with van der Waals surface area (Å²) in [6, 6.07) is 10.0. The highest BCUT2D eigenvalue weighted by Crippen LogP contribution is 2.22. The molecule has 0 aliphatic carbocycles. The summed E-state index contributed by atoms with van der Waals surface area (Å²) in [7, 11) is 1.91. The van der Waals surface area contributed by atoms with Crippen LogP contribution in [0, 0.1) is 13.8 Å². The third-order valence-electron chi connectivity index (χ3n) is 3.65. The smallest absolute Gasteiger partial charge is 0.253 e. The predicted octanol–water partition coefficient (Wildman–Crippen LogP) is 3.20. The van der Waals surface area contributed by atoms with E-state index >= 15 is 0 Å². The molecule has 1 heterocycles. The molecule has 0 atom stereocenters. The Bertz CT molecular complexity index is 647. The highest BCUT2D eigenvalue weighted by atomic mass is 79.9. The monoisotopic (exact) mass is 363 g/mol. The highest BCUT2D eigenvalue weighted by molar-refractivity contribution is 9.10. The molecule has 0 fully saturated rings. The molecule has 0 aliphatic rings. The van der Waals surface area contributed by atoms with E-state index in [4.69, 9.17) is 0 Å². The van der Waals surface area contributed by atoms with Crippen molar-refractivity contribution < 1.29 is 4.79 Å². The van der Waals surface area contributed by atoms with Gasteiger partial charge in [0.15, 0.2) is 0 Å². The maximum Gasteiger partial charge on any atom is 0.253 e. The predicted molar refractivity (Wildman–Crippen MR) is 93.8 cm³/mol. The third kappa shape index (κ3) is 3.78. The number of aryl methyl sites for hydroxylation is 1. The second-order valence-corrected chi connectivity index (χ2v) is 6.23. The van der Waals surface area contributed by atoms with Crippen molar-refractivity contribution in [1.82, 2.24) is 15.2 Å². The first-order chi connectivity index (χ1) is 10.5. The molecule has 2 aromatic rings. The van der Waals surface area contributed by atoms with Crippen molar-refractivity contribution in [3.63, 3.8) is 0 Å². The Morgan fingerprint density at radius 1 is 1.18 bits per heavy atom. The van der Waals surface area contributed by atoms with Crippen molar-refractivity contribution >= 4 is 21.8 Å². The summed E-state index contributed by atoms with van der Waals surface area (Å²) in [5, 5.41) is 6.05. The molecule has 22 heavy (non-hydrogen) atoms. The van der Waals surface area contributed by atoms with E-state index in [1.165, 1.54) is 0 Å². The van der Waals surface area contributed by atoms with Crippen LogP contribution in [0.2, 0.25) is 0 Å².